The van der Waals surface area contributed by atoms with Crippen LogP contribution in [-0.4, -0.2) is 21.7 Å². The molecule has 0 heterocycles. The summed E-state index contributed by atoms with van der Waals surface area (Å²) < 4.78 is 8.70. The van der Waals surface area contributed by atoms with Crippen molar-refractivity contribution >= 4 is 15.0 Å². The molecule has 0 bridgehead atoms. The van der Waals surface area contributed by atoms with Gasteiger partial charge in [-0.3, -0.25) is 0 Å². The van der Waals surface area contributed by atoms with Crippen LogP contribution in [0.5, 0.6) is 5.75 Å². The van der Waals surface area contributed by atoms with E-state index in [1.54, 1.807) is 24.3 Å². The molecule has 0 amide bonds. The molecule has 6 heteroatoms. The average molecular weight is 205 g/mol. The summed E-state index contributed by atoms with van der Waals surface area (Å²) in [7, 11) is -2.87. The maximum absolute atomic E-state index is 8.70. The van der Waals surface area contributed by atoms with Crippen LogP contribution in [0.4, 0.5) is 0 Å². The smallest absolute Gasteiger partial charge is 0.508 e. The van der Waals surface area contributed by atoms with Gasteiger partial charge in [-0.1, -0.05) is 18.2 Å². The van der Waals surface area contributed by atoms with Gasteiger partial charge in [0.1, 0.15) is 12.5 Å². The van der Waals surface area contributed by atoms with E-state index in [-0.39, 0.29) is 0 Å². The lowest BCUT2D eigenvalue weighted by molar-refractivity contribution is -0.0979. The minimum atomic E-state index is -2.87. The fourth-order valence-electron chi connectivity index (χ4n) is 0.428. The van der Waals surface area contributed by atoms with Gasteiger partial charge >= 0.3 is 8.25 Å². The van der Waals surface area contributed by atoms with Gasteiger partial charge in [-0.15, -0.1) is 9.79 Å². The molecule has 0 aliphatic heterocycles. The van der Waals surface area contributed by atoms with Crippen LogP contribution in [0.2, 0.25) is 0 Å². The molecular formula is C7H10O5P+. The maximum atomic E-state index is 8.70. The van der Waals surface area contributed by atoms with Crippen molar-refractivity contribution in [3.05, 3.63) is 30.3 Å². The van der Waals surface area contributed by atoms with E-state index in [4.69, 9.17) is 24.3 Å². The quantitative estimate of drug-likeness (QED) is 0.545. The highest BCUT2D eigenvalue weighted by molar-refractivity contribution is 7.30. The van der Waals surface area contributed by atoms with Crippen LogP contribution < -0.4 is 0 Å². The summed E-state index contributed by atoms with van der Waals surface area (Å²) in [5.41, 5.74) is 0. The first-order valence-electron chi connectivity index (χ1n) is 3.01. The lowest BCUT2D eigenvalue weighted by atomic mass is 10.3. The molecular weight excluding hydrogens is 195 g/mol. The fourth-order valence-corrected chi connectivity index (χ4v) is 0.428. The Balaban J connectivity index is 0. The number of aromatic hydroxyl groups is 1. The molecule has 3 N–H and O–H groups in total. The molecule has 0 saturated carbocycles. The molecule has 0 saturated heterocycles. The van der Waals surface area contributed by atoms with Gasteiger partial charge in [0.2, 0.25) is 0 Å². The van der Waals surface area contributed by atoms with Gasteiger partial charge in [0.25, 0.3) is 0 Å². The zero-order valence-electron chi connectivity index (χ0n) is 6.70. The van der Waals surface area contributed by atoms with Crippen molar-refractivity contribution < 1.29 is 24.3 Å². The molecule has 0 aliphatic rings. The molecule has 0 aliphatic carbocycles. The van der Waals surface area contributed by atoms with Gasteiger partial charge in [0.15, 0.2) is 0 Å². The lowest BCUT2D eigenvalue weighted by Crippen LogP contribution is -1.56. The highest BCUT2D eigenvalue weighted by Crippen LogP contribution is 2.02. The standard InChI is InChI=1S/C6H6O.CH2O.HO3P/c7-6-4-2-1-3-5-6;1-2;1-4(2)3/h1-5,7H;1H2;(H-,1,2,3)/p+1. The second kappa shape index (κ2) is 10.7. The SMILES string of the molecule is C=O.O=[P+](O)O.Oc1ccccc1. The van der Waals surface area contributed by atoms with E-state index in [0.29, 0.717) is 5.75 Å². The van der Waals surface area contributed by atoms with Crippen LogP contribution in [-0.2, 0) is 9.36 Å². The zero-order chi connectivity index (χ0) is 10.7. The first-order chi connectivity index (χ1) is 6.13. The summed E-state index contributed by atoms with van der Waals surface area (Å²) in [6.07, 6.45) is 0. The largest absolute Gasteiger partial charge is 0.692 e. The van der Waals surface area contributed by atoms with E-state index < -0.39 is 8.25 Å². The van der Waals surface area contributed by atoms with Crippen molar-refractivity contribution in [2.45, 2.75) is 0 Å². The number of carbonyl (C=O) groups is 1. The van der Waals surface area contributed by atoms with E-state index in [2.05, 4.69) is 0 Å². The van der Waals surface area contributed by atoms with Crippen LogP contribution in [0.15, 0.2) is 30.3 Å². The van der Waals surface area contributed by atoms with Crippen LogP contribution in [0.1, 0.15) is 0 Å². The highest BCUT2D eigenvalue weighted by Gasteiger charge is 1.93. The highest BCUT2D eigenvalue weighted by atomic mass is 31.1. The van der Waals surface area contributed by atoms with Gasteiger partial charge in [0.05, 0.1) is 0 Å². The third-order valence-corrected chi connectivity index (χ3v) is 0.756. The van der Waals surface area contributed by atoms with E-state index >= 15 is 0 Å². The van der Waals surface area contributed by atoms with Crippen molar-refractivity contribution in [2.75, 3.05) is 0 Å². The lowest BCUT2D eigenvalue weighted by Gasteiger charge is -1.82. The first-order valence-corrected chi connectivity index (χ1v) is 4.17. The normalized spacial score (nSPS) is 6.92. The molecule has 5 nitrogen and oxygen atoms in total. The second-order valence-electron chi connectivity index (χ2n) is 1.59. The number of hydrogen-bond donors (Lipinski definition) is 3. The Morgan fingerprint density at radius 3 is 1.54 bits per heavy atom. The van der Waals surface area contributed by atoms with Crippen molar-refractivity contribution in [2.24, 2.45) is 0 Å². The summed E-state index contributed by atoms with van der Waals surface area (Å²) in [6, 6.07) is 8.71. The monoisotopic (exact) mass is 205 g/mol. The van der Waals surface area contributed by atoms with Gasteiger partial charge < -0.3 is 9.90 Å². The molecule has 0 radical (unpaired) electrons. The van der Waals surface area contributed by atoms with Gasteiger partial charge in [-0.05, 0) is 12.1 Å². The molecule has 1 rings (SSSR count). The molecule has 13 heavy (non-hydrogen) atoms. The molecule has 0 atom stereocenters. The second-order valence-corrected chi connectivity index (χ2v) is 2.09. The van der Waals surface area contributed by atoms with Gasteiger partial charge in [-0.2, -0.15) is 0 Å². The number of benzene rings is 1. The van der Waals surface area contributed by atoms with E-state index in [1.165, 1.54) is 0 Å². The number of para-hydroxylation sites is 1. The Morgan fingerprint density at radius 1 is 1.08 bits per heavy atom. The van der Waals surface area contributed by atoms with Crippen LogP contribution in [0, 0.1) is 0 Å². The Kier molecular flexibility index (Phi) is 11.7. The predicted molar refractivity (Wildman–Crippen MR) is 47.3 cm³/mol. The predicted octanol–water partition coefficient (Wildman–Crippen LogP) is 0.836. The van der Waals surface area contributed by atoms with Crippen molar-refractivity contribution in [1.82, 2.24) is 0 Å². The Bertz CT molecular complexity index is 222. The average Bonchev–Trinajstić information content (AvgIpc) is 2.08. The molecule has 0 fully saturated rings. The van der Waals surface area contributed by atoms with Crippen LogP contribution in [0.3, 0.4) is 0 Å². The number of phenols is 1. The maximum Gasteiger partial charge on any atom is 0.692 e. The Hall–Kier alpha value is -1.29. The summed E-state index contributed by atoms with van der Waals surface area (Å²) in [6.45, 7) is 2.00. The summed E-state index contributed by atoms with van der Waals surface area (Å²) >= 11 is 0. The van der Waals surface area contributed by atoms with E-state index in [0.717, 1.165) is 0 Å². The fraction of sp³-hybridized carbons (Fsp3) is 0. The first kappa shape index (κ1) is 14.2. The number of carbonyl (C=O) groups excluding carboxylic acids is 1. The van der Waals surface area contributed by atoms with E-state index in [9.17, 15) is 0 Å². The summed E-state index contributed by atoms with van der Waals surface area (Å²) in [5.74, 6) is 0.322. The zero-order valence-corrected chi connectivity index (χ0v) is 7.59. The van der Waals surface area contributed by atoms with E-state index in [1.807, 2.05) is 12.9 Å². The number of rotatable bonds is 0. The third kappa shape index (κ3) is 18.0. The minimum Gasteiger partial charge on any atom is -0.508 e. The summed E-state index contributed by atoms with van der Waals surface area (Å²) in [4.78, 5) is 22.2. The molecule has 0 aromatic heterocycles. The molecule has 1 aromatic rings. The molecule has 72 valence electrons. The van der Waals surface area contributed by atoms with Crippen LogP contribution >= 0.6 is 8.25 Å². The topological polar surface area (TPSA) is 94.8 Å². The molecule has 0 spiro atoms. The van der Waals surface area contributed by atoms with Crippen molar-refractivity contribution in [3.63, 3.8) is 0 Å². The number of hydrogen-bond acceptors (Lipinski definition) is 3. The molecule has 0 unspecified atom stereocenters. The summed E-state index contributed by atoms with van der Waals surface area (Å²) in [5, 5.41) is 8.63. The third-order valence-electron chi connectivity index (χ3n) is 0.756. The van der Waals surface area contributed by atoms with Crippen molar-refractivity contribution in [3.8, 4) is 5.75 Å². The number of phenolic OH excluding ortho intramolecular Hbond substituents is 1. The Labute approximate surface area is 76.2 Å². The molecule has 1 aromatic carbocycles. The van der Waals surface area contributed by atoms with Crippen molar-refractivity contribution in [1.29, 1.82) is 0 Å². The minimum absolute atomic E-state index is 0.322. The van der Waals surface area contributed by atoms with Gasteiger partial charge in [-0.25, -0.2) is 0 Å². The van der Waals surface area contributed by atoms with Gasteiger partial charge in [0, 0.05) is 4.57 Å². The van der Waals surface area contributed by atoms with Crippen LogP contribution in [0.25, 0.3) is 0 Å². The Morgan fingerprint density at radius 2 is 1.38 bits per heavy atom.